The van der Waals surface area contributed by atoms with Crippen molar-refractivity contribution in [1.82, 2.24) is 0 Å². The summed E-state index contributed by atoms with van der Waals surface area (Å²) < 4.78 is 0. The number of ketones is 1. The van der Waals surface area contributed by atoms with Gasteiger partial charge in [-0.2, -0.15) is 11.8 Å². The SMILES string of the molecule is CCC(CC(C)=O)SC. The van der Waals surface area contributed by atoms with Gasteiger partial charge in [0.25, 0.3) is 0 Å². The molecule has 1 nitrogen and oxygen atoms in total. The molecule has 0 aliphatic heterocycles. The quantitative estimate of drug-likeness (QED) is 0.604. The first kappa shape index (κ1) is 9.02. The Morgan fingerprint density at radius 3 is 2.33 bits per heavy atom. The van der Waals surface area contributed by atoms with E-state index in [4.69, 9.17) is 0 Å². The van der Waals surface area contributed by atoms with Crippen LogP contribution in [-0.2, 0) is 4.79 Å². The van der Waals surface area contributed by atoms with Crippen molar-refractivity contribution in [3.63, 3.8) is 0 Å². The Morgan fingerprint density at radius 2 is 2.22 bits per heavy atom. The van der Waals surface area contributed by atoms with Crippen LogP contribution < -0.4 is 0 Å². The summed E-state index contributed by atoms with van der Waals surface area (Å²) in [4.78, 5) is 10.6. The van der Waals surface area contributed by atoms with E-state index >= 15 is 0 Å². The Labute approximate surface area is 61.2 Å². The maximum atomic E-state index is 10.6. The van der Waals surface area contributed by atoms with Crippen molar-refractivity contribution in [2.75, 3.05) is 6.26 Å². The molecule has 0 saturated carbocycles. The maximum absolute atomic E-state index is 10.6. The van der Waals surface area contributed by atoms with Gasteiger partial charge in [0.1, 0.15) is 5.78 Å². The topological polar surface area (TPSA) is 17.1 Å². The van der Waals surface area contributed by atoms with Crippen molar-refractivity contribution >= 4 is 17.5 Å². The van der Waals surface area contributed by atoms with E-state index in [0.717, 1.165) is 12.8 Å². The number of hydrogen-bond acceptors (Lipinski definition) is 2. The minimum Gasteiger partial charge on any atom is -0.300 e. The van der Waals surface area contributed by atoms with E-state index in [9.17, 15) is 4.79 Å². The van der Waals surface area contributed by atoms with Gasteiger partial charge in [0, 0.05) is 11.7 Å². The maximum Gasteiger partial charge on any atom is 0.130 e. The van der Waals surface area contributed by atoms with E-state index in [1.165, 1.54) is 0 Å². The monoisotopic (exact) mass is 146 g/mol. The zero-order valence-corrected chi connectivity index (χ0v) is 7.12. The van der Waals surface area contributed by atoms with E-state index in [2.05, 4.69) is 13.2 Å². The van der Waals surface area contributed by atoms with Crippen molar-refractivity contribution in [2.24, 2.45) is 0 Å². The second kappa shape index (κ2) is 4.86. The van der Waals surface area contributed by atoms with Crippen LogP contribution in [-0.4, -0.2) is 17.3 Å². The van der Waals surface area contributed by atoms with Crippen molar-refractivity contribution in [2.45, 2.75) is 31.9 Å². The first-order valence-electron chi connectivity index (χ1n) is 3.23. The van der Waals surface area contributed by atoms with Gasteiger partial charge in [-0.25, -0.2) is 0 Å². The van der Waals surface area contributed by atoms with Gasteiger partial charge in [-0.1, -0.05) is 6.92 Å². The third-order valence-corrected chi connectivity index (χ3v) is 2.47. The molecule has 0 spiro atoms. The fourth-order valence-corrected chi connectivity index (χ4v) is 1.45. The number of Topliss-reactive ketones (excluding diaryl/α,β-unsaturated/α-hetero) is 1. The summed E-state index contributed by atoms with van der Waals surface area (Å²) in [5.74, 6) is 0.302. The molecule has 0 aromatic heterocycles. The molecule has 54 valence electrons. The zero-order chi connectivity index (χ0) is 7.28. The van der Waals surface area contributed by atoms with Crippen molar-refractivity contribution in [1.29, 1.82) is 0 Å². The molecule has 0 aromatic rings. The minimum atomic E-state index is 0.302. The van der Waals surface area contributed by atoms with Crippen LogP contribution in [0.1, 0.15) is 26.7 Å². The average molecular weight is 146 g/mol. The number of rotatable bonds is 4. The molecule has 0 aliphatic carbocycles. The van der Waals surface area contributed by atoms with E-state index in [1.54, 1.807) is 18.7 Å². The first-order chi connectivity index (χ1) is 4.20. The van der Waals surface area contributed by atoms with Gasteiger partial charge in [-0.15, -0.1) is 0 Å². The highest BCUT2D eigenvalue weighted by molar-refractivity contribution is 7.99. The summed E-state index contributed by atoms with van der Waals surface area (Å²) in [6.07, 6.45) is 3.88. The minimum absolute atomic E-state index is 0.302. The van der Waals surface area contributed by atoms with E-state index in [0.29, 0.717) is 11.0 Å². The fraction of sp³-hybridized carbons (Fsp3) is 0.857. The lowest BCUT2D eigenvalue weighted by Gasteiger charge is -2.07. The molecule has 0 heterocycles. The molecule has 1 atom stereocenters. The van der Waals surface area contributed by atoms with Gasteiger partial charge in [0.15, 0.2) is 0 Å². The molecule has 0 N–H and O–H groups in total. The largest absolute Gasteiger partial charge is 0.300 e. The van der Waals surface area contributed by atoms with Crippen LogP contribution in [0, 0.1) is 0 Å². The third kappa shape index (κ3) is 4.52. The summed E-state index contributed by atoms with van der Waals surface area (Å²) in [7, 11) is 0. The fourth-order valence-electron chi connectivity index (χ4n) is 0.715. The third-order valence-electron chi connectivity index (χ3n) is 1.30. The molecule has 2 heteroatoms. The molecular weight excluding hydrogens is 132 g/mol. The Morgan fingerprint density at radius 1 is 1.67 bits per heavy atom. The summed E-state index contributed by atoms with van der Waals surface area (Å²) >= 11 is 1.78. The highest BCUT2D eigenvalue weighted by atomic mass is 32.2. The Kier molecular flexibility index (Phi) is 4.87. The molecule has 0 fully saturated rings. The van der Waals surface area contributed by atoms with Crippen molar-refractivity contribution < 1.29 is 4.79 Å². The summed E-state index contributed by atoms with van der Waals surface area (Å²) in [6, 6.07) is 0. The van der Waals surface area contributed by atoms with Gasteiger partial charge in [-0.05, 0) is 19.6 Å². The van der Waals surface area contributed by atoms with Gasteiger partial charge in [-0.3, -0.25) is 4.79 Å². The molecule has 9 heavy (non-hydrogen) atoms. The number of hydrogen-bond donors (Lipinski definition) is 0. The van der Waals surface area contributed by atoms with Crippen LogP contribution >= 0.6 is 11.8 Å². The van der Waals surface area contributed by atoms with E-state index in [1.807, 2.05) is 0 Å². The Balaban J connectivity index is 3.43. The predicted molar refractivity (Wildman–Crippen MR) is 42.9 cm³/mol. The Bertz CT molecular complexity index is 86.9. The molecule has 0 amide bonds. The first-order valence-corrected chi connectivity index (χ1v) is 4.51. The smallest absolute Gasteiger partial charge is 0.130 e. The predicted octanol–water partition coefficient (Wildman–Crippen LogP) is 2.11. The summed E-state index contributed by atoms with van der Waals surface area (Å²) in [5, 5.41) is 0.544. The van der Waals surface area contributed by atoms with Gasteiger partial charge in [0.05, 0.1) is 0 Å². The van der Waals surface area contributed by atoms with Crippen LogP contribution in [0.4, 0.5) is 0 Å². The number of thioether (sulfide) groups is 1. The molecule has 0 aliphatic rings. The highest BCUT2D eigenvalue weighted by Gasteiger charge is 2.05. The molecule has 0 saturated heterocycles. The molecule has 0 bridgehead atoms. The van der Waals surface area contributed by atoms with Crippen LogP contribution in [0.2, 0.25) is 0 Å². The molecule has 1 unspecified atom stereocenters. The zero-order valence-electron chi connectivity index (χ0n) is 6.31. The lowest BCUT2D eigenvalue weighted by Crippen LogP contribution is -2.05. The van der Waals surface area contributed by atoms with Gasteiger partial charge >= 0.3 is 0 Å². The Hall–Kier alpha value is 0.0200. The van der Waals surface area contributed by atoms with Crippen LogP contribution in [0.3, 0.4) is 0 Å². The van der Waals surface area contributed by atoms with Gasteiger partial charge < -0.3 is 0 Å². The molecule has 0 rings (SSSR count). The van der Waals surface area contributed by atoms with Gasteiger partial charge in [0.2, 0.25) is 0 Å². The summed E-state index contributed by atoms with van der Waals surface area (Å²) in [5.41, 5.74) is 0. The lowest BCUT2D eigenvalue weighted by molar-refractivity contribution is -0.117. The van der Waals surface area contributed by atoms with Crippen LogP contribution in [0.25, 0.3) is 0 Å². The number of carbonyl (C=O) groups excluding carboxylic acids is 1. The van der Waals surface area contributed by atoms with Crippen LogP contribution in [0.5, 0.6) is 0 Å². The normalized spacial score (nSPS) is 13.2. The number of carbonyl (C=O) groups is 1. The van der Waals surface area contributed by atoms with Crippen molar-refractivity contribution in [3.8, 4) is 0 Å². The molecule has 0 aromatic carbocycles. The standard InChI is InChI=1S/C7H14OS/c1-4-7(9-3)5-6(2)8/h7H,4-5H2,1-3H3. The van der Waals surface area contributed by atoms with Crippen LogP contribution in [0.15, 0.2) is 0 Å². The molecular formula is C7H14OS. The van der Waals surface area contributed by atoms with E-state index in [-0.39, 0.29) is 0 Å². The second-order valence-corrected chi connectivity index (χ2v) is 3.31. The van der Waals surface area contributed by atoms with E-state index < -0.39 is 0 Å². The lowest BCUT2D eigenvalue weighted by atomic mass is 10.2. The molecule has 0 radical (unpaired) electrons. The van der Waals surface area contributed by atoms with Crippen molar-refractivity contribution in [3.05, 3.63) is 0 Å². The summed E-state index contributed by atoms with van der Waals surface area (Å²) in [6.45, 7) is 3.77. The second-order valence-electron chi connectivity index (χ2n) is 2.17. The highest BCUT2D eigenvalue weighted by Crippen LogP contribution is 2.14. The average Bonchev–Trinajstić information content (AvgIpc) is 1.82.